The van der Waals surface area contributed by atoms with E-state index in [1.807, 2.05) is 51.1 Å². The van der Waals surface area contributed by atoms with Crippen molar-refractivity contribution in [3.63, 3.8) is 0 Å². The molecule has 3 aromatic carbocycles. The standard InChI is InChI=1S/C28H28Cl4N2O2/c1-28(2,3)33-27(36)25(13-18-7-5-4-6-8-18)34(17-20-10-12-22(30)16-24(20)32)26(35)14-19-9-11-21(29)15-23(19)31/h4-12,15-16,25H,13-14,17H2,1-3H3,(H,33,36). The average molecular weight is 566 g/mol. The molecule has 0 aliphatic heterocycles. The molecule has 0 saturated carbocycles. The largest absolute Gasteiger partial charge is 0.350 e. The maximum Gasteiger partial charge on any atom is 0.243 e. The van der Waals surface area contributed by atoms with Gasteiger partial charge >= 0.3 is 0 Å². The van der Waals surface area contributed by atoms with Crippen LogP contribution in [0.3, 0.4) is 0 Å². The van der Waals surface area contributed by atoms with E-state index >= 15 is 0 Å². The third-order valence-corrected chi connectivity index (χ3v) is 6.66. The fourth-order valence-corrected chi connectivity index (χ4v) is 4.71. The summed E-state index contributed by atoms with van der Waals surface area (Å²) in [7, 11) is 0. The van der Waals surface area contributed by atoms with Crippen LogP contribution in [0.1, 0.15) is 37.5 Å². The lowest BCUT2D eigenvalue weighted by atomic mass is 9.99. The summed E-state index contributed by atoms with van der Waals surface area (Å²) in [6, 6.07) is 18.9. The molecule has 36 heavy (non-hydrogen) atoms. The van der Waals surface area contributed by atoms with E-state index in [4.69, 9.17) is 46.4 Å². The number of amides is 2. The topological polar surface area (TPSA) is 49.4 Å². The van der Waals surface area contributed by atoms with Crippen molar-refractivity contribution >= 4 is 58.2 Å². The lowest BCUT2D eigenvalue weighted by molar-refractivity contribution is -0.141. The van der Waals surface area contributed by atoms with Crippen molar-refractivity contribution in [2.45, 2.75) is 51.7 Å². The fourth-order valence-electron chi connectivity index (χ4n) is 3.77. The summed E-state index contributed by atoms with van der Waals surface area (Å²) in [5.74, 6) is -0.526. The number of rotatable bonds is 8. The maximum absolute atomic E-state index is 13.8. The summed E-state index contributed by atoms with van der Waals surface area (Å²) in [6.07, 6.45) is 0.323. The van der Waals surface area contributed by atoms with Gasteiger partial charge in [-0.15, -0.1) is 0 Å². The Labute approximate surface area is 232 Å². The Bertz CT molecular complexity index is 1230. The summed E-state index contributed by atoms with van der Waals surface area (Å²) >= 11 is 25.0. The molecule has 0 saturated heterocycles. The average Bonchev–Trinajstić information content (AvgIpc) is 2.78. The van der Waals surface area contributed by atoms with Crippen LogP contribution in [-0.4, -0.2) is 28.3 Å². The van der Waals surface area contributed by atoms with Crippen molar-refractivity contribution in [3.8, 4) is 0 Å². The minimum absolute atomic E-state index is 0.00466. The minimum atomic E-state index is -0.794. The number of nitrogens with one attached hydrogen (secondary N) is 1. The Morgan fingerprint density at radius 1 is 0.833 bits per heavy atom. The Balaban J connectivity index is 2.04. The quantitative estimate of drug-likeness (QED) is 0.309. The van der Waals surface area contributed by atoms with Crippen LogP contribution < -0.4 is 5.32 Å². The first-order chi connectivity index (χ1) is 16.9. The Hall–Kier alpha value is -2.24. The third kappa shape index (κ3) is 8.14. The van der Waals surface area contributed by atoms with E-state index in [2.05, 4.69) is 5.32 Å². The van der Waals surface area contributed by atoms with Crippen LogP contribution in [0.15, 0.2) is 66.7 Å². The second-order valence-electron chi connectivity index (χ2n) is 9.61. The second kappa shape index (κ2) is 12.3. The number of halogens is 4. The molecule has 0 spiro atoms. The van der Waals surface area contributed by atoms with E-state index in [9.17, 15) is 9.59 Å². The number of carbonyl (C=O) groups excluding carboxylic acids is 2. The van der Waals surface area contributed by atoms with Crippen LogP contribution in [0.4, 0.5) is 0 Å². The lowest BCUT2D eigenvalue weighted by Crippen LogP contribution is -2.54. The Morgan fingerprint density at radius 2 is 1.39 bits per heavy atom. The monoisotopic (exact) mass is 564 g/mol. The van der Waals surface area contributed by atoms with Gasteiger partial charge in [0.2, 0.25) is 11.8 Å². The fraction of sp³-hybridized carbons (Fsp3) is 0.286. The van der Waals surface area contributed by atoms with E-state index in [1.54, 1.807) is 41.3 Å². The summed E-state index contributed by atoms with van der Waals surface area (Å²) < 4.78 is 0. The van der Waals surface area contributed by atoms with Gasteiger partial charge in [-0.1, -0.05) is 88.9 Å². The van der Waals surface area contributed by atoms with Crippen LogP contribution in [0.25, 0.3) is 0 Å². The molecule has 8 heteroatoms. The molecule has 0 aliphatic rings. The zero-order valence-corrected chi connectivity index (χ0v) is 23.3. The van der Waals surface area contributed by atoms with Crippen LogP contribution >= 0.6 is 46.4 Å². The minimum Gasteiger partial charge on any atom is -0.350 e. The van der Waals surface area contributed by atoms with Gasteiger partial charge in [0.15, 0.2) is 0 Å². The van der Waals surface area contributed by atoms with Gasteiger partial charge in [-0.25, -0.2) is 0 Å². The van der Waals surface area contributed by atoms with Crippen molar-refractivity contribution in [1.82, 2.24) is 10.2 Å². The summed E-state index contributed by atoms with van der Waals surface area (Å²) in [5.41, 5.74) is 1.74. The zero-order valence-electron chi connectivity index (χ0n) is 20.3. The number of hydrogen-bond acceptors (Lipinski definition) is 2. The van der Waals surface area contributed by atoms with Gasteiger partial charge < -0.3 is 10.2 Å². The van der Waals surface area contributed by atoms with Gasteiger partial charge in [-0.05, 0) is 61.7 Å². The predicted molar refractivity (Wildman–Crippen MR) is 149 cm³/mol. The summed E-state index contributed by atoms with van der Waals surface area (Å²) in [4.78, 5) is 29.0. The van der Waals surface area contributed by atoms with Gasteiger partial charge in [-0.3, -0.25) is 9.59 Å². The molecule has 3 aromatic rings. The number of benzene rings is 3. The number of hydrogen-bond donors (Lipinski definition) is 1. The van der Waals surface area contributed by atoms with E-state index < -0.39 is 11.6 Å². The molecule has 3 rings (SSSR count). The van der Waals surface area contributed by atoms with Crippen LogP contribution in [-0.2, 0) is 29.0 Å². The van der Waals surface area contributed by atoms with E-state index in [0.29, 0.717) is 37.6 Å². The highest BCUT2D eigenvalue weighted by molar-refractivity contribution is 6.35. The van der Waals surface area contributed by atoms with Crippen molar-refractivity contribution < 1.29 is 9.59 Å². The molecule has 1 unspecified atom stereocenters. The van der Waals surface area contributed by atoms with E-state index in [1.165, 1.54) is 0 Å². The predicted octanol–water partition coefficient (Wildman–Crippen LogP) is 7.40. The first-order valence-electron chi connectivity index (χ1n) is 11.5. The van der Waals surface area contributed by atoms with Gasteiger partial charge in [0.25, 0.3) is 0 Å². The molecule has 0 radical (unpaired) electrons. The number of carbonyl (C=O) groups is 2. The normalized spacial score (nSPS) is 12.2. The van der Waals surface area contributed by atoms with Gasteiger partial charge in [0.05, 0.1) is 6.42 Å². The maximum atomic E-state index is 13.8. The number of nitrogens with zero attached hydrogens (tertiary/aromatic N) is 1. The van der Waals surface area contributed by atoms with Crippen molar-refractivity contribution in [1.29, 1.82) is 0 Å². The molecule has 0 fully saturated rings. The first-order valence-corrected chi connectivity index (χ1v) is 13.0. The van der Waals surface area contributed by atoms with Gasteiger partial charge in [0, 0.05) is 38.6 Å². The zero-order chi connectivity index (χ0) is 26.5. The van der Waals surface area contributed by atoms with E-state index in [-0.39, 0.29) is 24.8 Å². The molecule has 4 nitrogen and oxygen atoms in total. The van der Waals surface area contributed by atoms with Crippen molar-refractivity contribution in [3.05, 3.63) is 104 Å². The molecule has 0 aromatic heterocycles. The summed E-state index contributed by atoms with van der Waals surface area (Å²) in [5, 5.41) is 4.81. The van der Waals surface area contributed by atoms with Crippen LogP contribution in [0, 0.1) is 0 Å². The molecular weight excluding hydrogens is 538 g/mol. The first kappa shape index (κ1) is 28.3. The third-order valence-electron chi connectivity index (χ3n) is 5.48. The molecule has 2 amide bonds. The van der Waals surface area contributed by atoms with E-state index in [0.717, 1.165) is 5.56 Å². The van der Waals surface area contributed by atoms with Crippen LogP contribution in [0.5, 0.6) is 0 Å². The molecule has 1 N–H and O–H groups in total. The molecule has 1 atom stereocenters. The molecule has 0 bridgehead atoms. The second-order valence-corrected chi connectivity index (χ2v) is 11.3. The molecule has 190 valence electrons. The van der Waals surface area contributed by atoms with Crippen molar-refractivity contribution in [2.24, 2.45) is 0 Å². The van der Waals surface area contributed by atoms with Crippen LogP contribution in [0.2, 0.25) is 20.1 Å². The Kier molecular flexibility index (Phi) is 9.71. The highest BCUT2D eigenvalue weighted by Crippen LogP contribution is 2.26. The molecule has 0 heterocycles. The molecular formula is C28H28Cl4N2O2. The molecule has 0 aliphatic carbocycles. The smallest absolute Gasteiger partial charge is 0.243 e. The highest BCUT2D eigenvalue weighted by atomic mass is 35.5. The Morgan fingerprint density at radius 3 is 1.92 bits per heavy atom. The van der Waals surface area contributed by atoms with Gasteiger partial charge in [-0.2, -0.15) is 0 Å². The van der Waals surface area contributed by atoms with Gasteiger partial charge in [0.1, 0.15) is 6.04 Å². The highest BCUT2D eigenvalue weighted by Gasteiger charge is 2.32. The summed E-state index contributed by atoms with van der Waals surface area (Å²) in [6.45, 7) is 5.83. The lowest BCUT2D eigenvalue weighted by Gasteiger charge is -2.34. The SMILES string of the molecule is CC(C)(C)NC(=O)C(Cc1ccccc1)N(Cc1ccc(Cl)cc1Cl)C(=O)Cc1ccc(Cl)cc1Cl. The van der Waals surface area contributed by atoms with Crippen molar-refractivity contribution in [2.75, 3.05) is 0 Å².